The number of rotatable bonds is 1. The maximum Gasteiger partial charge on any atom is 0.220 e. The predicted molar refractivity (Wildman–Crippen MR) is 58.8 cm³/mol. The summed E-state index contributed by atoms with van der Waals surface area (Å²) in [7, 11) is 0. The molecule has 1 aromatic carbocycles. The molecule has 14 heavy (non-hydrogen) atoms. The lowest BCUT2D eigenvalue weighted by molar-refractivity contribution is -0.119. The highest BCUT2D eigenvalue weighted by Crippen LogP contribution is 2.22. The Labute approximate surface area is 90.1 Å². The van der Waals surface area contributed by atoms with Gasteiger partial charge in [0.2, 0.25) is 5.91 Å². The minimum Gasteiger partial charge on any atom is -0.355 e. The monoisotopic (exact) mass is 211 g/mol. The SMILES string of the molecule is Cc1ccc(C2CNC(=O)C2)cc1.Cl. The summed E-state index contributed by atoms with van der Waals surface area (Å²) < 4.78 is 0. The maximum atomic E-state index is 11.0. The average Bonchev–Trinajstić information content (AvgIpc) is 2.53. The third-order valence-corrected chi connectivity index (χ3v) is 2.53. The highest BCUT2D eigenvalue weighted by molar-refractivity contribution is 5.85. The second-order valence-electron chi connectivity index (χ2n) is 3.62. The van der Waals surface area contributed by atoms with E-state index in [4.69, 9.17) is 0 Å². The van der Waals surface area contributed by atoms with E-state index in [1.807, 2.05) is 0 Å². The molecule has 1 aromatic rings. The van der Waals surface area contributed by atoms with Gasteiger partial charge < -0.3 is 5.32 Å². The van der Waals surface area contributed by atoms with Crippen molar-refractivity contribution < 1.29 is 4.79 Å². The van der Waals surface area contributed by atoms with Crippen molar-refractivity contribution in [3.8, 4) is 0 Å². The number of hydrogen-bond donors (Lipinski definition) is 1. The highest BCUT2D eigenvalue weighted by atomic mass is 35.5. The van der Waals surface area contributed by atoms with Gasteiger partial charge in [0.1, 0.15) is 0 Å². The van der Waals surface area contributed by atoms with Crippen molar-refractivity contribution in [2.45, 2.75) is 19.3 Å². The van der Waals surface area contributed by atoms with Gasteiger partial charge in [-0.1, -0.05) is 29.8 Å². The van der Waals surface area contributed by atoms with E-state index in [2.05, 4.69) is 36.5 Å². The van der Waals surface area contributed by atoms with Crippen LogP contribution in [0, 0.1) is 6.92 Å². The molecule has 2 rings (SSSR count). The Morgan fingerprint density at radius 1 is 1.29 bits per heavy atom. The Hall–Kier alpha value is -1.02. The first-order valence-electron chi connectivity index (χ1n) is 4.59. The largest absolute Gasteiger partial charge is 0.355 e. The number of halogens is 1. The fraction of sp³-hybridized carbons (Fsp3) is 0.364. The first-order chi connectivity index (χ1) is 6.25. The molecule has 0 radical (unpaired) electrons. The van der Waals surface area contributed by atoms with Crippen LogP contribution < -0.4 is 5.32 Å². The predicted octanol–water partition coefficient (Wildman–Crippen LogP) is 2.02. The normalized spacial score (nSPS) is 20.1. The number of amides is 1. The molecule has 1 atom stereocenters. The lowest BCUT2D eigenvalue weighted by Crippen LogP contribution is -2.13. The van der Waals surface area contributed by atoms with E-state index in [1.165, 1.54) is 11.1 Å². The minimum atomic E-state index is 0. The first-order valence-corrected chi connectivity index (χ1v) is 4.59. The van der Waals surface area contributed by atoms with Crippen LogP contribution in [0.25, 0.3) is 0 Å². The van der Waals surface area contributed by atoms with Gasteiger partial charge in [-0.3, -0.25) is 4.79 Å². The van der Waals surface area contributed by atoms with Crippen molar-refractivity contribution in [3.05, 3.63) is 35.4 Å². The molecule has 76 valence electrons. The van der Waals surface area contributed by atoms with E-state index in [0.29, 0.717) is 12.3 Å². The van der Waals surface area contributed by atoms with Crippen molar-refractivity contribution in [2.24, 2.45) is 0 Å². The summed E-state index contributed by atoms with van der Waals surface area (Å²) in [4.78, 5) is 11.0. The Bertz CT molecular complexity index is 321. The third kappa shape index (κ3) is 2.26. The van der Waals surface area contributed by atoms with Gasteiger partial charge in [-0.15, -0.1) is 12.4 Å². The van der Waals surface area contributed by atoms with Gasteiger partial charge in [0, 0.05) is 18.9 Å². The summed E-state index contributed by atoms with van der Waals surface area (Å²) in [6.45, 7) is 2.86. The van der Waals surface area contributed by atoms with E-state index >= 15 is 0 Å². The average molecular weight is 212 g/mol. The molecule has 3 heteroatoms. The number of carbonyl (C=O) groups is 1. The molecule has 1 aliphatic heterocycles. The van der Waals surface area contributed by atoms with Gasteiger partial charge >= 0.3 is 0 Å². The summed E-state index contributed by atoms with van der Waals surface area (Å²) in [6.07, 6.45) is 0.642. The molecule has 0 aromatic heterocycles. The Morgan fingerprint density at radius 2 is 1.93 bits per heavy atom. The van der Waals surface area contributed by atoms with Crippen LogP contribution in [0.4, 0.5) is 0 Å². The maximum absolute atomic E-state index is 11.0. The van der Waals surface area contributed by atoms with Crippen LogP contribution in [-0.4, -0.2) is 12.5 Å². The molecule has 1 amide bonds. The molecule has 1 saturated heterocycles. The number of hydrogen-bond acceptors (Lipinski definition) is 1. The molecule has 2 nitrogen and oxygen atoms in total. The fourth-order valence-electron chi connectivity index (χ4n) is 1.68. The van der Waals surface area contributed by atoms with Crippen LogP contribution in [0.5, 0.6) is 0 Å². The minimum absolute atomic E-state index is 0. The Morgan fingerprint density at radius 3 is 2.43 bits per heavy atom. The van der Waals surface area contributed by atoms with Gasteiger partial charge in [-0.05, 0) is 12.5 Å². The topological polar surface area (TPSA) is 29.1 Å². The standard InChI is InChI=1S/C11H13NO.ClH/c1-8-2-4-9(5-3-8)10-6-11(13)12-7-10;/h2-5,10H,6-7H2,1H3,(H,12,13);1H. The molecule has 0 saturated carbocycles. The highest BCUT2D eigenvalue weighted by Gasteiger charge is 2.22. The van der Waals surface area contributed by atoms with E-state index in [9.17, 15) is 4.79 Å². The molecule has 1 unspecified atom stereocenters. The second-order valence-corrected chi connectivity index (χ2v) is 3.62. The molecule has 1 aliphatic rings. The summed E-state index contributed by atoms with van der Waals surface area (Å²) in [5.41, 5.74) is 2.53. The zero-order valence-corrected chi connectivity index (χ0v) is 8.93. The van der Waals surface area contributed by atoms with Crippen LogP contribution >= 0.6 is 12.4 Å². The van der Waals surface area contributed by atoms with Crippen molar-refractivity contribution in [3.63, 3.8) is 0 Å². The van der Waals surface area contributed by atoms with Crippen LogP contribution in [0.3, 0.4) is 0 Å². The van der Waals surface area contributed by atoms with Crippen LogP contribution in [-0.2, 0) is 4.79 Å². The fourth-order valence-corrected chi connectivity index (χ4v) is 1.68. The summed E-state index contributed by atoms with van der Waals surface area (Å²) in [5.74, 6) is 0.554. The van der Waals surface area contributed by atoms with Crippen LogP contribution in [0.1, 0.15) is 23.5 Å². The molecule has 0 spiro atoms. The van der Waals surface area contributed by atoms with E-state index < -0.39 is 0 Å². The summed E-state index contributed by atoms with van der Waals surface area (Å²) in [6, 6.07) is 8.41. The molecule has 1 N–H and O–H groups in total. The first kappa shape index (κ1) is 11.1. The third-order valence-electron chi connectivity index (χ3n) is 2.53. The zero-order chi connectivity index (χ0) is 9.26. The van der Waals surface area contributed by atoms with Gasteiger partial charge in [-0.2, -0.15) is 0 Å². The Balaban J connectivity index is 0.000000980. The summed E-state index contributed by atoms with van der Waals surface area (Å²) >= 11 is 0. The lowest BCUT2D eigenvalue weighted by Gasteiger charge is -2.06. The number of carbonyl (C=O) groups excluding carboxylic acids is 1. The van der Waals surface area contributed by atoms with Gasteiger partial charge in [0.05, 0.1) is 0 Å². The van der Waals surface area contributed by atoms with Crippen molar-refractivity contribution in [1.82, 2.24) is 5.32 Å². The van der Waals surface area contributed by atoms with E-state index in [0.717, 1.165) is 6.54 Å². The number of aryl methyl sites for hydroxylation is 1. The molecular weight excluding hydrogens is 198 g/mol. The zero-order valence-electron chi connectivity index (χ0n) is 8.12. The second kappa shape index (κ2) is 4.47. The van der Waals surface area contributed by atoms with Crippen LogP contribution in [0.2, 0.25) is 0 Å². The lowest BCUT2D eigenvalue weighted by atomic mass is 9.97. The van der Waals surface area contributed by atoms with E-state index in [1.54, 1.807) is 0 Å². The molecule has 1 heterocycles. The summed E-state index contributed by atoms with van der Waals surface area (Å²) in [5, 5.41) is 2.84. The molecule has 0 aliphatic carbocycles. The Kier molecular flexibility index (Phi) is 3.53. The quantitative estimate of drug-likeness (QED) is 0.757. The van der Waals surface area contributed by atoms with Gasteiger partial charge in [0.15, 0.2) is 0 Å². The number of nitrogens with one attached hydrogen (secondary N) is 1. The van der Waals surface area contributed by atoms with Crippen molar-refractivity contribution in [2.75, 3.05) is 6.54 Å². The van der Waals surface area contributed by atoms with Crippen molar-refractivity contribution in [1.29, 1.82) is 0 Å². The molecule has 0 bridgehead atoms. The van der Waals surface area contributed by atoms with Gasteiger partial charge in [0.25, 0.3) is 0 Å². The van der Waals surface area contributed by atoms with Crippen LogP contribution in [0.15, 0.2) is 24.3 Å². The molecule has 1 fully saturated rings. The molecular formula is C11H14ClNO. The van der Waals surface area contributed by atoms with Crippen molar-refractivity contribution >= 4 is 18.3 Å². The van der Waals surface area contributed by atoms with E-state index in [-0.39, 0.29) is 18.3 Å². The number of benzene rings is 1. The van der Waals surface area contributed by atoms with Gasteiger partial charge in [-0.25, -0.2) is 0 Å². The smallest absolute Gasteiger partial charge is 0.220 e.